The van der Waals surface area contributed by atoms with Gasteiger partial charge in [-0.2, -0.15) is 0 Å². The summed E-state index contributed by atoms with van der Waals surface area (Å²) in [4.78, 5) is 2.22. The topological polar surface area (TPSA) is 15.3 Å². The van der Waals surface area contributed by atoms with Crippen molar-refractivity contribution in [2.24, 2.45) is 0 Å². The van der Waals surface area contributed by atoms with E-state index in [0.29, 0.717) is 6.04 Å². The standard InChI is InChI=1S/C17H29FN2/c1-6-7-8-16(14-9-11-15(18)12-10-14)19-13-17(2,3)20(4)5/h9-12,16,19H,6-8,13H2,1-5H3. The van der Waals surface area contributed by atoms with Crippen LogP contribution in [0.1, 0.15) is 51.6 Å². The Morgan fingerprint density at radius 1 is 1.20 bits per heavy atom. The molecule has 114 valence electrons. The maximum Gasteiger partial charge on any atom is 0.123 e. The second-order valence-corrected chi connectivity index (χ2v) is 6.33. The Labute approximate surface area is 123 Å². The van der Waals surface area contributed by atoms with Gasteiger partial charge >= 0.3 is 0 Å². The summed E-state index contributed by atoms with van der Waals surface area (Å²) >= 11 is 0. The predicted molar refractivity (Wildman–Crippen MR) is 84.4 cm³/mol. The van der Waals surface area contributed by atoms with Crippen LogP contribution in [0.4, 0.5) is 4.39 Å². The van der Waals surface area contributed by atoms with E-state index in [-0.39, 0.29) is 11.4 Å². The second-order valence-electron chi connectivity index (χ2n) is 6.33. The number of unbranched alkanes of at least 4 members (excludes halogenated alkanes) is 1. The van der Waals surface area contributed by atoms with Gasteiger partial charge < -0.3 is 10.2 Å². The van der Waals surface area contributed by atoms with E-state index in [1.807, 2.05) is 12.1 Å². The third-order valence-electron chi connectivity index (χ3n) is 4.11. The minimum Gasteiger partial charge on any atom is -0.308 e. The van der Waals surface area contributed by atoms with E-state index >= 15 is 0 Å². The molecule has 0 aliphatic rings. The van der Waals surface area contributed by atoms with Crippen molar-refractivity contribution in [3.63, 3.8) is 0 Å². The molecule has 0 aliphatic carbocycles. The van der Waals surface area contributed by atoms with Crippen molar-refractivity contribution in [2.75, 3.05) is 20.6 Å². The van der Waals surface area contributed by atoms with Crippen LogP contribution in [0.15, 0.2) is 24.3 Å². The van der Waals surface area contributed by atoms with Gasteiger partial charge in [-0.25, -0.2) is 4.39 Å². The molecule has 0 bridgehead atoms. The largest absolute Gasteiger partial charge is 0.308 e. The van der Waals surface area contributed by atoms with Crippen molar-refractivity contribution in [1.82, 2.24) is 10.2 Å². The lowest BCUT2D eigenvalue weighted by atomic mass is 9.98. The van der Waals surface area contributed by atoms with E-state index in [1.54, 1.807) is 12.1 Å². The van der Waals surface area contributed by atoms with Gasteiger partial charge in [-0.05, 0) is 52.1 Å². The van der Waals surface area contributed by atoms with Crippen LogP contribution >= 0.6 is 0 Å². The molecule has 1 atom stereocenters. The van der Waals surface area contributed by atoms with Crippen molar-refractivity contribution in [2.45, 2.75) is 51.6 Å². The molecular weight excluding hydrogens is 251 g/mol. The summed E-state index contributed by atoms with van der Waals surface area (Å²) in [5.41, 5.74) is 1.28. The highest BCUT2D eigenvalue weighted by atomic mass is 19.1. The number of nitrogens with one attached hydrogen (secondary N) is 1. The quantitative estimate of drug-likeness (QED) is 0.774. The number of rotatable bonds is 8. The highest BCUT2D eigenvalue weighted by molar-refractivity contribution is 5.20. The van der Waals surface area contributed by atoms with Gasteiger partial charge in [0, 0.05) is 18.1 Å². The number of halogens is 1. The van der Waals surface area contributed by atoms with Crippen LogP contribution in [0, 0.1) is 5.82 Å². The number of likely N-dealkylation sites (N-methyl/N-ethyl adjacent to an activating group) is 1. The summed E-state index contributed by atoms with van der Waals surface area (Å²) in [6, 6.07) is 7.19. The molecule has 1 rings (SSSR count). The lowest BCUT2D eigenvalue weighted by Crippen LogP contribution is -2.47. The summed E-state index contributed by atoms with van der Waals surface area (Å²) in [6.45, 7) is 7.56. The van der Waals surface area contributed by atoms with Crippen molar-refractivity contribution < 1.29 is 4.39 Å². The molecule has 3 heteroatoms. The predicted octanol–water partition coefficient (Wildman–Crippen LogP) is 3.99. The first-order valence-electron chi connectivity index (χ1n) is 7.53. The van der Waals surface area contributed by atoms with Crippen LogP contribution in [0.25, 0.3) is 0 Å². The lowest BCUT2D eigenvalue weighted by Gasteiger charge is -2.34. The summed E-state index contributed by atoms with van der Waals surface area (Å²) in [7, 11) is 4.20. The van der Waals surface area contributed by atoms with E-state index in [1.165, 1.54) is 18.4 Å². The van der Waals surface area contributed by atoms with E-state index in [2.05, 4.69) is 45.1 Å². The van der Waals surface area contributed by atoms with Crippen molar-refractivity contribution in [1.29, 1.82) is 0 Å². The van der Waals surface area contributed by atoms with Gasteiger partial charge in [-0.1, -0.05) is 31.9 Å². The molecule has 0 fully saturated rings. The van der Waals surface area contributed by atoms with Crippen LogP contribution < -0.4 is 5.32 Å². The molecular formula is C17H29FN2. The van der Waals surface area contributed by atoms with Crippen LogP contribution in [-0.4, -0.2) is 31.1 Å². The first-order valence-corrected chi connectivity index (χ1v) is 7.53. The highest BCUT2D eigenvalue weighted by Crippen LogP contribution is 2.21. The number of hydrogen-bond donors (Lipinski definition) is 1. The maximum atomic E-state index is 13.1. The Bertz CT molecular complexity index is 384. The molecule has 0 spiro atoms. The fraction of sp³-hybridized carbons (Fsp3) is 0.647. The summed E-state index contributed by atoms with van der Waals surface area (Å²) < 4.78 is 13.1. The SMILES string of the molecule is CCCCC(NCC(C)(C)N(C)C)c1ccc(F)cc1. The molecule has 0 amide bonds. The monoisotopic (exact) mass is 280 g/mol. The Morgan fingerprint density at radius 3 is 2.30 bits per heavy atom. The van der Waals surface area contributed by atoms with Crippen LogP contribution in [0.5, 0.6) is 0 Å². The summed E-state index contributed by atoms with van der Waals surface area (Å²) in [6.07, 6.45) is 3.44. The molecule has 0 aliphatic heterocycles. The van der Waals surface area contributed by atoms with E-state index < -0.39 is 0 Å². The van der Waals surface area contributed by atoms with Gasteiger partial charge in [0.2, 0.25) is 0 Å². The summed E-state index contributed by atoms with van der Waals surface area (Å²) in [5.74, 6) is -0.170. The van der Waals surface area contributed by atoms with E-state index in [0.717, 1.165) is 13.0 Å². The van der Waals surface area contributed by atoms with Gasteiger partial charge in [0.15, 0.2) is 0 Å². The molecule has 1 unspecified atom stereocenters. The van der Waals surface area contributed by atoms with E-state index in [4.69, 9.17) is 0 Å². The van der Waals surface area contributed by atoms with Gasteiger partial charge in [-0.3, -0.25) is 0 Å². The van der Waals surface area contributed by atoms with Gasteiger partial charge in [0.25, 0.3) is 0 Å². The molecule has 0 saturated heterocycles. The maximum absolute atomic E-state index is 13.1. The van der Waals surface area contributed by atoms with Crippen molar-refractivity contribution in [3.8, 4) is 0 Å². The average Bonchev–Trinajstić information content (AvgIpc) is 2.40. The Hall–Kier alpha value is -0.930. The third kappa shape index (κ3) is 5.22. The molecule has 0 radical (unpaired) electrons. The number of benzene rings is 1. The molecule has 20 heavy (non-hydrogen) atoms. The van der Waals surface area contributed by atoms with Gasteiger partial charge in [0.1, 0.15) is 5.82 Å². The smallest absolute Gasteiger partial charge is 0.123 e. The Balaban J connectivity index is 2.72. The molecule has 2 nitrogen and oxygen atoms in total. The first-order chi connectivity index (χ1) is 9.36. The number of nitrogens with zero attached hydrogens (tertiary/aromatic N) is 1. The molecule has 0 aromatic heterocycles. The van der Waals surface area contributed by atoms with Crippen molar-refractivity contribution >= 4 is 0 Å². The van der Waals surface area contributed by atoms with Crippen LogP contribution in [0.3, 0.4) is 0 Å². The van der Waals surface area contributed by atoms with Crippen LogP contribution in [-0.2, 0) is 0 Å². The van der Waals surface area contributed by atoms with Crippen molar-refractivity contribution in [3.05, 3.63) is 35.6 Å². The van der Waals surface area contributed by atoms with Crippen LogP contribution in [0.2, 0.25) is 0 Å². The third-order valence-corrected chi connectivity index (χ3v) is 4.11. The average molecular weight is 280 g/mol. The molecule has 1 aromatic rings. The zero-order valence-corrected chi connectivity index (χ0v) is 13.5. The molecule has 0 heterocycles. The Morgan fingerprint density at radius 2 is 1.80 bits per heavy atom. The van der Waals surface area contributed by atoms with Gasteiger partial charge in [-0.15, -0.1) is 0 Å². The zero-order valence-electron chi connectivity index (χ0n) is 13.5. The normalized spacial score (nSPS) is 13.8. The van der Waals surface area contributed by atoms with Gasteiger partial charge in [0.05, 0.1) is 0 Å². The first kappa shape index (κ1) is 17.1. The number of hydrogen-bond acceptors (Lipinski definition) is 2. The fourth-order valence-electron chi connectivity index (χ4n) is 2.02. The molecule has 1 aromatic carbocycles. The Kier molecular flexibility index (Phi) is 6.63. The molecule has 0 saturated carbocycles. The lowest BCUT2D eigenvalue weighted by molar-refractivity contribution is 0.183. The molecule has 1 N–H and O–H groups in total. The minimum absolute atomic E-state index is 0.102. The second kappa shape index (κ2) is 7.75. The van der Waals surface area contributed by atoms with E-state index in [9.17, 15) is 4.39 Å². The summed E-state index contributed by atoms with van der Waals surface area (Å²) in [5, 5.41) is 3.65. The zero-order chi connectivity index (χ0) is 15.2. The highest BCUT2D eigenvalue weighted by Gasteiger charge is 2.22. The fourth-order valence-corrected chi connectivity index (χ4v) is 2.02. The minimum atomic E-state index is -0.170.